The summed E-state index contributed by atoms with van der Waals surface area (Å²) in [5.41, 5.74) is 4.59. The average Bonchev–Trinajstić information content (AvgIpc) is 3.16. The number of rotatable bonds is 6. The maximum atomic E-state index is 12.4. The number of nitrogens with one attached hydrogen (secondary N) is 1. The molecule has 0 saturated carbocycles. The molecule has 8 heteroatoms. The number of hydrogen-bond acceptors (Lipinski definition) is 4. The number of methoxy groups -OCH3 is 1. The SMILES string of the molecule is COc1cc(I)ccc1C(=O)N/N=C/c1cccn1-c1ccc(C(=O)O)cc1. The maximum Gasteiger partial charge on any atom is 0.335 e. The fraction of sp³-hybridized carbons (Fsp3) is 0.0500. The Hall–Kier alpha value is -3.14. The molecule has 0 bridgehead atoms. The van der Waals surface area contributed by atoms with Crippen molar-refractivity contribution in [2.75, 3.05) is 7.11 Å². The van der Waals surface area contributed by atoms with Gasteiger partial charge in [-0.15, -0.1) is 0 Å². The molecule has 0 atom stereocenters. The summed E-state index contributed by atoms with van der Waals surface area (Å²) < 4.78 is 8.03. The third-order valence-electron chi connectivity index (χ3n) is 3.94. The van der Waals surface area contributed by atoms with E-state index in [0.717, 1.165) is 15.0 Å². The fourth-order valence-corrected chi connectivity index (χ4v) is 3.03. The second-order valence-corrected chi connectivity index (χ2v) is 6.94. The Morgan fingerprint density at radius 3 is 2.61 bits per heavy atom. The molecule has 3 rings (SSSR count). The topological polar surface area (TPSA) is 92.9 Å². The molecule has 28 heavy (non-hydrogen) atoms. The van der Waals surface area contributed by atoms with E-state index >= 15 is 0 Å². The molecule has 0 aliphatic rings. The summed E-state index contributed by atoms with van der Waals surface area (Å²) in [6, 6.07) is 15.4. The Kier molecular flexibility index (Phi) is 6.09. The highest BCUT2D eigenvalue weighted by Gasteiger charge is 2.12. The number of carbonyl (C=O) groups is 2. The summed E-state index contributed by atoms with van der Waals surface area (Å²) in [4.78, 5) is 23.3. The first kappa shape index (κ1) is 19.6. The first-order valence-corrected chi connectivity index (χ1v) is 9.25. The van der Waals surface area contributed by atoms with E-state index in [0.29, 0.717) is 11.3 Å². The van der Waals surface area contributed by atoms with E-state index < -0.39 is 5.97 Å². The van der Waals surface area contributed by atoms with Crippen molar-refractivity contribution in [2.45, 2.75) is 0 Å². The summed E-state index contributed by atoms with van der Waals surface area (Å²) in [5, 5.41) is 13.0. The summed E-state index contributed by atoms with van der Waals surface area (Å²) in [6.45, 7) is 0. The van der Waals surface area contributed by atoms with Crippen LogP contribution in [-0.2, 0) is 0 Å². The number of ether oxygens (including phenoxy) is 1. The van der Waals surface area contributed by atoms with E-state index in [2.05, 4.69) is 33.1 Å². The molecule has 0 aliphatic heterocycles. The lowest BCUT2D eigenvalue weighted by atomic mass is 10.2. The number of nitrogens with zero attached hydrogens (tertiary/aromatic N) is 2. The number of halogens is 1. The smallest absolute Gasteiger partial charge is 0.335 e. The lowest BCUT2D eigenvalue weighted by Crippen LogP contribution is -2.18. The molecule has 1 amide bonds. The lowest BCUT2D eigenvalue weighted by Gasteiger charge is -2.08. The summed E-state index contributed by atoms with van der Waals surface area (Å²) in [7, 11) is 1.51. The molecule has 0 unspecified atom stereocenters. The van der Waals surface area contributed by atoms with Gasteiger partial charge in [0.2, 0.25) is 0 Å². The van der Waals surface area contributed by atoms with Gasteiger partial charge in [-0.1, -0.05) is 0 Å². The first-order chi connectivity index (χ1) is 13.5. The van der Waals surface area contributed by atoms with Gasteiger partial charge in [-0.05, 0) is 77.2 Å². The molecule has 142 valence electrons. The third-order valence-corrected chi connectivity index (χ3v) is 4.61. The Labute approximate surface area is 174 Å². The summed E-state index contributed by atoms with van der Waals surface area (Å²) >= 11 is 2.14. The summed E-state index contributed by atoms with van der Waals surface area (Å²) in [5.74, 6) is -0.885. The van der Waals surface area contributed by atoms with Crippen molar-refractivity contribution in [3.63, 3.8) is 0 Å². The lowest BCUT2D eigenvalue weighted by molar-refractivity contribution is 0.0696. The van der Waals surface area contributed by atoms with Crippen molar-refractivity contribution in [3.05, 3.63) is 81.2 Å². The van der Waals surface area contributed by atoms with Crippen LogP contribution in [0.15, 0.2) is 65.9 Å². The molecule has 2 N–H and O–H groups in total. The van der Waals surface area contributed by atoms with Crippen LogP contribution in [0.5, 0.6) is 5.75 Å². The van der Waals surface area contributed by atoms with E-state index in [9.17, 15) is 9.59 Å². The Bertz CT molecular complexity index is 1040. The maximum absolute atomic E-state index is 12.4. The molecule has 1 heterocycles. The molecule has 2 aromatic carbocycles. The average molecular weight is 489 g/mol. The minimum absolute atomic E-state index is 0.213. The van der Waals surface area contributed by atoms with E-state index in [4.69, 9.17) is 9.84 Å². The van der Waals surface area contributed by atoms with Crippen LogP contribution in [-0.4, -0.2) is 34.9 Å². The number of aromatic carboxylic acids is 1. The fourth-order valence-electron chi connectivity index (χ4n) is 2.57. The zero-order valence-corrected chi connectivity index (χ0v) is 17.0. The van der Waals surface area contributed by atoms with Crippen LogP contribution in [0.4, 0.5) is 0 Å². The van der Waals surface area contributed by atoms with Crippen LogP contribution in [0.2, 0.25) is 0 Å². The van der Waals surface area contributed by atoms with Crippen molar-refractivity contribution < 1.29 is 19.4 Å². The van der Waals surface area contributed by atoms with Crippen molar-refractivity contribution in [1.29, 1.82) is 0 Å². The van der Waals surface area contributed by atoms with E-state index in [-0.39, 0.29) is 11.5 Å². The highest BCUT2D eigenvalue weighted by atomic mass is 127. The van der Waals surface area contributed by atoms with Crippen molar-refractivity contribution in [3.8, 4) is 11.4 Å². The number of aromatic nitrogens is 1. The van der Waals surface area contributed by atoms with Crippen molar-refractivity contribution >= 4 is 40.7 Å². The quantitative estimate of drug-likeness (QED) is 0.315. The van der Waals surface area contributed by atoms with Crippen LogP contribution in [0.3, 0.4) is 0 Å². The highest BCUT2D eigenvalue weighted by Crippen LogP contribution is 2.21. The number of amides is 1. The molecule has 0 radical (unpaired) electrons. The molecule has 1 aromatic heterocycles. The Morgan fingerprint density at radius 1 is 1.18 bits per heavy atom. The van der Waals surface area contributed by atoms with Crippen LogP contribution < -0.4 is 10.2 Å². The molecule has 0 saturated heterocycles. The Morgan fingerprint density at radius 2 is 1.93 bits per heavy atom. The van der Waals surface area contributed by atoms with Gasteiger partial charge in [0, 0.05) is 15.5 Å². The van der Waals surface area contributed by atoms with Crippen LogP contribution in [0, 0.1) is 3.57 Å². The molecular formula is C20H16IN3O4. The van der Waals surface area contributed by atoms with Crippen LogP contribution >= 0.6 is 22.6 Å². The highest BCUT2D eigenvalue weighted by molar-refractivity contribution is 14.1. The minimum Gasteiger partial charge on any atom is -0.496 e. The van der Waals surface area contributed by atoms with Crippen molar-refractivity contribution in [1.82, 2.24) is 9.99 Å². The zero-order valence-electron chi connectivity index (χ0n) is 14.8. The van der Waals surface area contributed by atoms with E-state index in [1.54, 1.807) is 24.3 Å². The standard InChI is InChI=1S/C20H16IN3O4/c1-28-18-11-14(21)6-9-17(18)19(25)23-22-12-16-3-2-10-24(16)15-7-4-13(5-8-15)20(26)27/h2-12H,1H3,(H,23,25)(H,26,27)/b22-12+. The second-order valence-electron chi connectivity index (χ2n) is 5.70. The summed E-state index contributed by atoms with van der Waals surface area (Å²) in [6.07, 6.45) is 3.34. The van der Waals surface area contributed by atoms with Gasteiger partial charge in [-0.3, -0.25) is 4.79 Å². The predicted octanol–water partition coefficient (Wildman–Crippen LogP) is 3.55. The second kappa shape index (κ2) is 8.70. The van der Waals surface area contributed by atoms with Crippen LogP contribution in [0.1, 0.15) is 26.4 Å². The van der Waals surface area contributed by atoms with Gasteiger partial charge in [-0.25, -0.2) is 10.2 Å². The van der Waals surface area contributed by atoms with E-state index in [1.807, 2.05) is 29.0 Å². The molecule has 0 spiro atoms. The molecule has 7 nitrogen and oxygen atoms in total. The molecule has 0 fully saturated rings. The van der Waals surface area contributed by atoms with Gasteiger partial charge >= 0.3 is 5.97 Å². The predicted molar refractivity (Wildman–Crippen MR) is 113 cm³/mol. The van der Waals surface area contributed by atoms with Gasteiger partial charge in [0.15, 0.2) is 0 Å². The monoisotopic (exact) mass is 489 g/mol. The number of hydrogen-bond donors (Lipinski definition) is 2. The van der Waals surface area contributed by atoms with Crippen LogP contribution in [0.25, 0.3) is 5.69 Å². The van der Waals surface area contributed by atoms with Gasteiger partial charge in [0.25, 0.3) is 5.91 Å². The third kappa shape index (κ3) is 4.39. The molecule has 3 aromatic rings. The minimum atomic E-state index is -0.977. The van der Waals surface area contributed by atoms with Gasteiger partial charge in [0.05, 0.1) is 30.1 Å². The van der Waals surface area contributed by atoms with E-state index in [1.165, 1.54) is 25.5 Å². The Balaban J connectivity index is 1.75. The first-order valence-electron chi connectivity index (χ1n) is 8.17. The van der Waals surface area contributed by atoms with Crippen molar-refractivity contribution in [2.24, 2.45) is 5.10 Å². The number of carboxylic acids is 1. The molecular weight excluding hydrogens is 473 g/mol. The number of benzene rings is 2. The van der Waals surface area contributed by atoms with Gasteiger partial charge in [-0.2, -0.15) is 5.10 Å². The zero-order chi connectivity index (χ0) is 20.1. The normalized spacial score (nSPS) is 10.8. The van der Waals surface area contributed by atoms with Gasteiger partial charge < -0.3 is 14.4 Å². The molecule has 0 aliphatic carbocycles. The number of hydrazone groups is 1. The van der Waals surface area contributed by atoms with Gasteiger partial charge in [0.1, 0.15) is 5.75 Å². The number of carboxylic acid groups (broad SMARTS) is 1. The number of carbonyl (C=O) groups excluding carboxylic acids is 1. The largest absolute Gasteiger partial charge is 0.496 e.